The fourth-order valence-corrected chi connectivity index (χ4v) is 1.64. The maximum atomic E-state index is 11.7. The molecular weight excluding hydrogens is 240 g/mol. The number of carbonyl (C=O) groups is 1. The van der Waals surface area contributed by atoms with Crippen molar-refractivity contribution >= 4 is 17.8 Å². The van der Waals surface area contributed by atoms with E-state index in [1.165, 1.54) is 0 Å². The van der Waals surface area contributed by atoms with E-state index >= 15 is 0 Å². The molecule has 0 spiro atoms. The first-order chi connectivity index (χ1) is 9.19. The monoisotopic (exact) mass is 262 g/mol. The molecule has 0 radical (unpaired) electrons. The normalized spacial score (nSPS) is 11.7. The van der Waals surface area contributed by atoms with E-state index in [1.807, 2.05) is 38.1 Å². The lowest BCUT2D eigenvalue weighted by atomic mass is 10.2. The molecule has 0 aliphatic rings. The van der Waals surface area contributed by atoms with E-state index in [0.29, 0.717) is 13.2 Å². The van der Waals surface area contributed by atoms with E-state index in [-0.39, 0.29) is 12.1 Å². The van der Waals surface area contributed by atoms with Crippen LogP contribution in [0.3, 0.4) is 0 Å². The second-order valence-corrected chi connectivity index (χ2v) is 4.15. The highest BCUT2D eigenvalue weighted by Crippen LogP contribution is 2.09. The van der Waals surface area contributed by atoms with Gasteiger partial charge in [0.1, 0.15) is 0 Å². The van der Waals surface area contributed by atoms with E-state index in [1.54, 1.807) is 6.08 Å². The number of nitrogens with one attached hydrogen (secondary N) is 2. The van der Waals surface area contributed by atoms with Gasteiger partial charge in [0.2, 0.25) is 0 Å². The van der Waals surface area contributed by atoms with Gasteiger partial charge in [0.15, 0.2) is 0 Å². The predicted molar refractivity (Wildman–Crippen MR) is 79.3 cm³/mol. The van der Waals surface area contributed by atoms with E-state index < -0.39 is 0 Å². The Labute approximate surface area is 114 Å². The SMILES string of the molecule is C=Cc1ccc(NC(=O)NC[C@@H](CC)OCC)cc1. The molecule has 0 saturated heterocycles. The molecule has 0 heterocycles. The summed E-state index contributed by atoms with van der Waals surface area (Å²) in [6.07, 6.45) is 2.71. The average Bonchev–Trinajstić information content (AvgIpc) is 2.44. The first-order valence-electron chi connectivity index (χ1n) is 6.58. The Morgan fingerprint density at radius 3 is 2.58 bits per heavy atom. The van der Waals surface area contributed by atoms with E-state index in [0.717, 1.165) is 17.7 Å². The van der Waals surface area contributed by atoms with Crippen molar-refractivity contribution in [3.8, 4) is 0 Å². The van der Waals surface area contributed by atoms with Crippen molar-refractivity contribution in [3.05, 3.63) is 36.4 Å². The number of hydrogen-bond donors (Lipinski definition) is 2. The Balaban J connectivity index is 2.39. The third-order valence-corrected chi connectivity index (χ3v) is 2.75. The summed E-state index contributed by atoms with van der Waals surface area (Å²) in [6.45, 7) is 8.84. The molecule has 1 rings (SSSR count). The molecule has 104 valence electrons. The van der Waals surface area contributed by atoms with Gasteiger partial charge in [-0.15, -0.1) is 0 Å². The van der Waals surface area contributed by atoms with E-state index in [4.69, 9.17) is 4.74 Å². The van der Waals surface area contributed by atoms with Gasteiger partial charge in [-0.05, 0) is 31.0 Å². The van der Waals surface area contributed by atoms with E-state index in [9.17, 15) is 4.79 Å². The molecule has 0 bridgehead atoms. The number of ether oxygens (including phenoxy) is 1. The first-order valence-corrected chi connectivity index (χ1v) is 6.58. The van der Waals surface area contributed by atoms with Crippen LogP contribution in [0.4, 0.5) is 10.5 Å². The van der Waals surface area contributed by atoms with Crippen LogP contribution < -0.4 is 10.6 Å². The number of urea groups is 1. The summed E-state index contributed by atoms with van der Waals surface area (Å²) in [7, 11) is 0. The molecule has 0 fully saturated rings. The highest BCUT2D eigenvalue weighted by atomic mass is 16.5. The molecule has 2 amide bonds. The van der Waals surface area contributed by atoms with Gasteiger partial charge in [-0.1, -0.05) is 31.7 Å². The van der Waals surface area contributed by atoms with Gasteiger partial charge in [-0.2, -0.15) is 0 Å². The van der Waals surface area contributed by atoms with Crippen molar-refractivity contribution in [1.29, 1.82) is 0 Å². The topological polar surface area (TPSA) is 50.4 Å². The van der Waals surface area contributed by atoms with Crippen LogP contribution in [-0.4, -0.2) is 25.3 Å². The molecule has 0 aromatic heterocycles. The summed E-state index contributed by atoms with van der Waals surface area (Å²) < 4.78 is 5.47. The molecule has 4 nitrogen and oxygen atoms in total. The van der Waals surface area contributed by atoms with Crippen molar-refractivity contribution in [1.82, 2.24) is 5.32 Å². The lowest BCUT2D eigenvalue weighted by Gasteiger charge is -2.16. The number of anilines is 1. The summed E-state index contributed by atoms with van der Waals surface area (Å²) in [5.41, 5.74) is 1.78. The Morgan fingerprint density at radius 1 is 1.37 bits per heavy atom. The lowest BCUT2D eigenvalue weighted by Crippen LogP contribution is -2.36. The van der Waals surface area contributed by atoms with Crippen molar-refractivity contribution in [2.45, 2.75) is 26.4 Å². The number of carbonyl (C=O) groups excluding carboxylic acids is 1. The van der Waals surface area contributed by atoms with Crippen molar-refractivity contribution in [2.24, 2.45) is 0 Å². The van der Waals surface area contributed by atoms with Crippen LogP contribution in [0.2, 0.25) is 0 Å². The van der Waals surface area contributed by atoms with Gasteiger partial charge in [-0.3, -0.25) is 0 Å². The van der Waals surface area contributed by atoms with Crippen LogP contribution in [0.25, 0.3) is 6.08 Å². The molecule has 1 atom stereocenters. The third kappa shape index (κ3) is 5.57. The van der Waals surface area contributed by atoms with Gasteiger partial charge in [0.05, 0.1) is 6.10 Å². The predicted octanol–water partition coefficient (Wildman–Crippen LogP) is 3.27. The summed E-state index contributed by atoms with van der Waals surface area (Å²) in [4.78, 5) is 11.7. The van der Waals surface area contributed by atoms with Gasteiger partial charge < -0.3 is 15.4 Å². The fourth-order valence-electron chi connectivity index (χ4n) is 1.64. The molecule has 0 aliphatic carbocycles. The minimum Gasteiger partial charge on any atom is -0.377 e. The smallest absolute Gasteiger partial charge is 0.319 e. The second kappa shape index (κ2) is 8.32. The van der Waals surface area contributed by atoms with Crippen molar-refractivity contribution in [3.63, 3.8) is 0 Å². The van der Waals surface area contributed by atoms with Crippen molar-refractivity contribution in [2.75, 3.05) is 18.5 Å². The van der Waals surface area contributed by atoms with Gasteiger partial charge >= 0.3 is 6.03 Å². The maximum Gasteiger partial charge on any atom is 0.319 e. The summed E-state index contributed by atoms with van der Waals surface area (Å²) in [6, 6.07) is 7.27. The molecule has 1 aromatic carbocycles. The zero-order valence-electron chi connectivity index (χ0n) is 11.6. The highest BCUT2D eigenvalue weighted by molar-refractivity contribution is 5.89. The van der Waals surface area contributed by atoms with Crippen LogP contribution in [-0.2, 0) is 4.74 Å². The molecule has 2 N–H and O–H groups in total. The zero-order chi connectivity index (χ0) is 14.1. The zero-order valence-corrected chi connectivity index (χ0v) is 11.6. The average molecular weight is 262 g/mol. The van der Waals surface area contributed by atoms with Crippen LogP contribution in [0.1, 0.15) is 25.8 Å². The number of benzene rings is 1. The van der Waals surface area contributed by atoms with Crippen molar-refractivity contribution < 1.29 is 9.53 Å². The Hall–Kier alpha value is -1.81. The highest BCUT2D eigenvalue weighted by Gasteiger charge is 2.07. The second-order valence-electron chi connectivity index (χ2n) is 4.15. The molecule has 0 unspecified atom stereocenters. The molecular formula is C15H22N2O2. The largest absolute Gasteiger partial charge is 0.377 e. The minimum atomic E-state index is -0.218. The van der Waals surface area contributed by atoms with Crippen LogP contribution in [0, 0.1) is 0 Å². The van der Waals surface area contributed by atoms with Crippen LogP contribution in [0.15, 0.2) is 30.8 Å². The summed E-state index contributed by atoms with van der Waals surface area (Å²) in [5, 5.41) is 5.58. The molecule has 0 saturated carbocycles. The summed E-state index contributed by atoms with van der Waals surface area (Å²) >= 11 is 0. The standard InChI is InChI=1S/C15H22N2O2/c1-4-12-7-9-13(10-8-12)17-15(18)16-11-14(5-2)19-6-3/h4,7-10,14H,1,5-6,11H2,2-3H3,(H2,16,17,18)/t14-/m1/s1. The Kier molecular flexibility index (Phi) is 6.68. The molecule has 4 heteroatoms. The van der Waals surface area contributed by atoms with Gasteiger partial charge in [0, 0.05) is 18.8 Å². The molecule has 19 heavy (non-hydrogen) atoms. The van der Waals surface area contributed by atoms with Crippen LogP contribution >= 0.6 is 0 Å². The summed E-state index contributed by atoms with van der Waals surface area (Å²) in [5.74, 6) is 0. The number of hydrogen-bond acceptors (Lipinski definition) is 2. The number of rotatable bonds is 7. The third-order valence-electron chi connectivity index (χ3n) is 2.75. The molecule has 0 aliphatic heterocycles. The first kappa shape index (κ1) is 15.2. The van der Waals surface area contributed by atoms with Gasteiger partial charge in [0.25, 0.3) is 0 Å². The van der Waals surface area contributed by atoms with E-state index in [2.05, 4.69) is 17.2 Å². The fraction of sp³-hybridized carbons (Fsp3) is 0.400. The number of amides is 2. The lowest BCUT2D eigenvalue weighted by molar-refractivity contribution is 0.0622. The maximum absolute atomic E-state index is 11.7. The Bertz CT molecular complexity index is 401. The quantitative estimate of drug-likeness (QED) is 0.792. The van der Waals surface area contributed by atoms with Crippen LogP contribution in [0.5, 0.6) is 0 Å². The minimum absolute atomic E-state index is 0.0684. The molecule has 1 aromatic rings. The van der Waals surface area contributed by atoms with Gasteiger partial charge in [-0.25, -0.2) is 4.79 Å². The Morgan fingerprint density at radius 2 is 2.05 bits per heavy atom.